The first-order valence-corrected chi connectivity index (χ1v) is 14.0. The normalized spacial score (nSPS) is 13.5. The van der Waals surface area contributed by atoms with Gasteiger partial charge in [-0.3, -0.25) is 9.48 Å². The Labute approximate surface area is 242 Å². The van der Waals surface area contributed by atoms with Crippen LogP contribution in [-0.4, -0.2) is 59.8 Å². The minimum absolute atomic E-state index is 0.223. The molecular formula is C32H31FN8O. The lowest BCUT2D eigenvalue weighted by molar-refractivity contribution is 0.316. The summed E-state index contributed by atoms with van der Waals surface area (Å²) in [7, 11) is 0. The van der Waals surface area contributed by atoms with Gasteiger partial charge in [0.1, 0.15) is 5.82 Å². The van der Waals surface area contributed by atoms with Crippen LogP contribution >= 0.6 is 0 Å². The summed E-state index contributed by atoms with van der Waals surface area (Å²) in [6, 6.07) is 15.0. The molecule has 2 aromatic carbocycles. The average Bonchev–Trinajstić information content (AvgIpc) is 3.70. The van der Waals surface area contributed by atoms with Crippen LogP contribution in [0.4, 0.5) is 4.39 Å². The zero-order valence-electron chi connectivity index (χ0n) is 23.4. The van der Waals surface area contributed by atoms with E-state index in [1.54, 1.807) is 31.5 Å². The number of rotatable bonds is 9. The minimum Gasteiger partial charge on any atom is -0.305 e. The maximum absolute atomic E-state index is 14.2. The summed E-state index contributed by atoms with van der Waals surface area (Å²) in [6.07, 6.45) is 10.0. The highest BCUT2D eigenvalue weighted by molar-refractivity contribution is 5.97. The lowest BCUT2D eigenvalue weighted by Crippen LogP contribution is -2.24. The quantitative estimate of drug-likeness (QED) is 0.256. The molecule has 0 atom stereocenters. The van der Waals surface area contributed by atoms with Gasteiger partial charge in [-0.25, -0.2) is 19.0 Å². The highest BCUT2D eigenvalue weighted by Gasteiger charge is 2.13. The first-order valence-electron chi connectivity index (χ1n) is 14.0. The van der Waals surface area contributed by atoms with E-state index in [0.29, 0.717) is 22.6 Å². The Kier molecular flexibility index (Phi) is 7.78. The van der Waals surface area contributed by atoms with Gasteiger partial charge in [0.25, 0.3) is 5.56 Å². The summed E-state index contributed by atoms with van der Waals surface area (Å²) < 4.78 is 17.5. The highest BCUT2D eigenvalue weighted by Crippen LogP contribution is 2.22. The lowest BCUT2D eigenvalue weighted by atomic mass is 10.0. The molecule has 10 heteroatoms. The number of likely N-dealkylation sites (tertiary alicyclic amines) is 1. The summed E-state index contributed by atoms with van der Waals surface area (Å²) in [5, 5.41) is 16.8. The number of halogens is 1. The molecule has 42 heavy (non-hydrogen) atoms. The van der Waals surface area contributed by atoms with Gasteiger partial charge in [0.2, 0.25) is 0 Å². The van der Waals surface area contributed by atoms with Gasteiger partial charge in [-0.05, 0) is 74.3 Å². The molecule has 4 heterocycles. The molecule has 5 aromatic rings. The standard InChI is InChI=1S/C32H31FN8O/c1-22(34)25-14-26(16-29(33)15-25)30-7-8-31(42)41(38-30)20-23-5-4-6-24(13-23)32-35-17-27(18-36-32)28-19-37-40(21-28)12-11-39-9-2-3-10-39/h4-8,13-19,21,34H,2-3,9-12,20H2,1H3. The van der Waals surface area contributed by atoms with Gasteiger partial charge in [-0.15, -0.1) is 0 Å². The predicted octanol–water partition coefficient (Wildman–Crippen LogP) is 4.90. The molecule has 3 aromatic heterocycles. The van der Waals surface area contributed by atoms with E-state index in [1.807, 2.05) is 41.3 Å². The number of hydrogen-bond donors (Lipinski definition) is 1. The maximum Gasteiger partial charge on any atom is 0.267 e. The minimum atomic E-state index is -0.460. The fraction of sp³-hybridized carbons (Fsp3) is 0.250. The van der Waals surface area contributed by atoms with Crippen LogP contribution in [-0.2, 0) is 13.1 Å². The second-order valence-corrected chi connectivity index (χ2v) is 10.6. The first-order chi connectivity index (χ1) is 20.4. The smallest absolute Gasteiger partial charge is 0.267 e. The molecule has 1 saturated heterocycles. The van der Waals surface area contributed by atoms with Crippen molar-refractivity contribution in [3.63, 3.8) is 0 Å². The molecule has 212 valence electrons. The third kappa shape index (κ3) is 6.23. The molecule has 1 fully saturated rings. The number of benzene rings is 2. The van der Waals surface area contributed by atoms with Gasteiger partial charge in [-0.2, -0.15) is 10.2 Å². The molecule has 0 spiro atoms. The zero-order valence-corrected chi connectivity index (χ0v) is 23.4. The molecular weight excluding hydrogens is 531 g/mol. The van der Waals surface area contributed by atoms with E-state index in [4.69, 9.17) is 5.41 Å². The van der Waals surface area contributed by atoms with E-state index in [9.17, 15) is 9.18 Å². The third-order valence-electron chi connectivity index (χ3n) is 7.47. The number of aromatic nitrogens is 6. The Morgan fingerprint density at radius 1 is 0.905 bits per heavy atom. The zero-order chi connectivity index (χ0) is 29.1. The van der Waals surface area contributed by atoms with Gasteiger partial charge in [-0.1, -0.05) is 18.2 Å². The molecule has 1 aliphatic heterocycles. The van der Waals surface area contributed by atoms with Crippen LogP contribution < -0.4 is 5.56 Å². The van der Waals surface area contributed by atoms with E-state index in [2.05, 4.69) is 25.1 Å². The van der Waals surface area contributed by atoms with Crippen molar-refractivity contribution in [3.05, 3.63) is 107 Å². The fourth-order valence-corrected chi connectivity index (χ4v) is 5.16. The summed E-state index contributed by atoms with van der Waals surface area (Å²) in [5.41, 5.74) is 4.94. The predicted molar refractivity (Wildman–Crippen MR) is 160 cm³/mol. The number of nitrogens with zero attached hydrogens (tertiary/aromatic N) is 7. The number of nitrogens with one attached hydrogen (secondary N) is 1. The molecule has 9 nitrogen and oxygen atoms in total. The Bertz CT molecular complexity index is 1790. The van der Waals surface area contributed by atoms with Crippen molar-refractivity contribution in [3.8, 4) is 33.8 Å². The van der Waals surface area contributed by atoms with E-state index < -0.39 is 5.82 Å². The topological polar surface area (TPSA) is 106 Å². The van der Waals surface area contributed by atoms with Gasteiger partial charge in [0.15, 0.2) is 5.82 Å². The molecule has 1 aliphatic rings. The Hall–Kier alpha value is -4.83. The van der Waals surface area contributed by atoms with Crippen LogP contribution in [0.2, 0.25) is 0 Å². The van der Waals surface area contributed by atoms with Gasteiger partial charge < -0.3 is 10.3 Å². The third-order valence-corrected chi connectivity index (χ3v) is 7.47. The van der Waals surface area contributed by atoms with Crippen LogP contribution in [0.1, 0.15) is 30.9 Å². The van der Waals surface area contributed by atoms with Crippen molar-refractivity contribution >= 4 is 5.71 Å². The largest absolute Gasteiger partial charge is 0.305 e. The van der Waals surface area contributed by atoms with Gasteiger partial charge in [0.05, 0.1) is 25.0 Å². The second-order valence-electron chi connectivity index (χ2n) is 10.6. The average molecular weight is 563 g/mol. The van der Waals surface area contributed by atoms with Crippen molar-refractivity contribution in [1.29, 1.82) is 5.41 Å². The molecule has 0 bridgehead atoms. The summed E-state index contributed by atoms with van der Waals surface area (Å²) >= 11 is 0. The molecule has 6 rings (SSSR count). The highest BCUT2D eigenvalue weighted by atomic mass is 19.1. The van der Waals surface area contributed by atoms with E-state index in [1.165, 1.54) is 48.8 Å². The van der Waals surface area contributed by atoms with Crippen LogP contribution in [0.15, 0.2) is 84.2 Å². The van der Waals surface area contributed by atoms with Gasteiger partial charge >= 0.3 is 0 Å². The van der Waals surface area contributed by atoms with Crippen LogP contribution in [0.25, 0.3) is 33.8 Å². The lowest BCUT2D eigenvalue weighted by Gasteiger charge is -2.13. The van der Waals surface area contributed by atoms with Crippen LogP contribution in [0, 0.1) is 11.2 Å². The molecule has 0 aliphatic carbocycles. The van der Waals surface area contributed by atoms with Crippen molar-refractivity contribution in [2.45, 2.75) is 32.9 Å². The van der Waals surface area contributed by atoms with Crippen molar-refractivity contribution in [2.75, 3.05) is 19.6 Å². The monoisotopic (exact) mass is 562 g/mol. The maximum atomic E-state index is 14.2. The SMILES string of the molecule is CC(=N)c1cc(F)cc(-c2ccc(=O)n(Cc3cccc(-c4ncc(-c5cnn(CCN6CCCC6)c5)cn4)c3)n2)c1. The first kappa shape index (κ1) is 27.3. The number of hydrogen-bond acceptors (Lipinski definition) is 7. The van der Waals surface area contributed by atoms with Crippen molar-refractivity contribution in [1.82, 2.24) is 34.4 Å². The summed E-state index contributed by atoms with van der Waals surface area (Å²) in [5.74, 6) is 0.115. The Morgan fingerprint density at radius 3 is 2.50 bits per heavy atom. The molecule has 0 saturated carbocycles. The van der Waals surface area contributed by atoms with Crippen molar-refractivity contribution in [2.24, 2.45) is 0 Å². The molecule has 0 amide bonds. The Morgan fingerprint density at radius 2 is 1.71 bits per heavy atom. The van der Waals surface area contributed by atoms with Crippen LogP contribution in [0.5, 0.6) is 0 Å². The van der Waals surface area contributed by atoms with E-state index >= 15 is 0 Å². The summed E-state index contributed by atoms with van der Waals surface area (Å²) in [6.45, 7) is 6.04. The summed E-state index contributed by atoms with van der Waals surface area (Å²) in [4.78, 5) is 24.3. The van der Waals surface area contributed by atoms with E-state index in [-0.39, 0.29) is 17.8 Å². The second kappa shape index (κ2) is 12.0. The molecule has 0 radical (unpaired) electrons. The van der Waals surface area contributed by atoms with Gasteiger partial charge in [0, 0.05) is 59.2 Å². The van der Waals surface area contributed by atoms with Crippen molar-refractivity contribution < 1.29 is 4.39 Å². The Balaban J connectivity index is 1.17. The van der Waals surface area contributed by atoms with E-state index in [0.717, 1.165) is 35.3 Å². The molecule has 0 unspecified atom stereocenters. The van der Waals surface area contributed by atoms with Crippen LogP contribution in [0.3, 0.4) is 0 Å². The fourth-order valence-electron chi connectivity index (χ4n) is 5.16. The molecule has 1 N–H and O–H groups in total.